The predicted octanol–water partition coefficient (Wildman–Crippen LogP) is 3.74. The van der Waals surface area contributed by atoms with Crippen LogP contribution in [0.2, 0.25) is 0 Å². The van der Waals surface area contributed by atoms with E-state index in [0.717, 1.165) is 29.9 Å². The molecule has 0 atom stereocenters. The van der Waals surface area contributed by atoms with Crippen LogP contribution in [0.25, 0.3) is 0 Å². The van der Waals surface area contributed by atoms with Crippen molar-refractivity contribution in [2.75, 3.05) is 19.9 Å². The summed E-state index contributed by atoms with van der Waals surface area (Å²) in [5.74, 6) is 3.30. The Morgan fingerprint density at radius 1 is 1.03 bits per heavy atom. The molecule has 2 aromatic rings. The zero-order chi connectivity index (χ0) is 22.0. The molecule has 1 fully saturated rings. The molecule has 7 heteroatoms. The first-order chi connectivity index (χ1) is 14.9. The molecule has 1 saturated carbocycles. The molecule has 1 aromatic heterocycles. The van der Waals surface area contributed by atoms with Crippen LogP contribution in [0.3, 0.4) is 0 Å². The molecule has 0 N–H and O–H groups in total. The number of aryl methyl sites for hydroxylation is 1. The van der Waals surface area contributed by atoms with Gasteiger partial charge in [-0.3, -0.25) is 9.59 Å². The molecule has 31 heavy (non-hydrogen) atoms. The van der Waals surface area contributed by atoms with Crippen LogP contribution in [-0.4, -0.2) is 41.5 Å². The number of carbonyl (C=O) groups is 2. The van der Waals surface area contributed by atoms with Crippen molar-refractivity contribution in [3.63, 3.8) is 0 Å². The highest BCUT2D eigenvalue weighted by molar-refractivity contribution is 5.87. The minimum absolute atomic E-state index is 0.0811. The van der Waals surface area contributed by atoms with Gasteiger partial charge in [0.25, 0.3) is 0 Å². The molecule has 2 amide bonds. The molecular formula is C24H30N2O5. The maximum atomic E-state index is 13.4. The summed E-state index contributed by atoms with van der Waals surface area (Å²) < 4.78 is 16.6. The smallest absolute Gasteiger partial charge is 0.242 e. The van der Waals surface area contributed by atoms with Crippen molar-refractivity contribution < 1.29 is 23.5 Å². The van der Waals surface area contributed by atoms with E-state index in [1.54, 1.807) is 9.80 Å². The van der Waals surface area contributed by atoms with Crippen LogP contribution in [0.4, 0.5) is 0 Å². The molecule has 0 unspecified atom stereocenters. The maximum Gasteiger partial charge on any atom is 0.242 e. The Kier molecular flexibility index (Phi) is 6.20. The van der Waals surface area contributed by atoms with Gasteiger partial charge in [-0.15, -0.1) is 0 Å². The summed E-state index contributed by atoms with van der Waals surface area (Å²) in [5.41, 5.74) is 0.935. The van der Waals surface area contributed by atoms with Gasteiger partial charge in [0.15, 0.2) is 11.5 Å². The molecule has 0 bridgehead atoms. The van der Waals surface area contributed by atoms with Gasteiger partial charge in [0.1, 0.15) is 11.5 Å². The SMILES string of the molecule is Cc1ccc(CN(Cc2ccc3c(c2)OCO3)C(=O)CN(CC(C)C)C(=O)C2CC2)o1. The molecule has 1 aliphatic heterocycles. The number of benzene rings is 1. The maximum absolute atomic E-state index is 13.4. The van der Waals surface area contributed by atoms with E-state index in [2.05, 4.69) is 13.8 Å². The standard InChI is InChI=1S/C24H30N2O5/c1-16(2)11-26(24(28)19-6-7-19)14-23(27)25(13-20-8-4-17(3)31-20)12-18-5-9-21-22(10-18)30-15-29-21/h4-5,8-10,16,19H,6-7,11-15H2,1-3H3. The second-order valence-corrected chi connectivity index (χ2v) is 8.84. The second-order valence-electron chi connectivity index (χ2n) is 8.84. The third-order valence-electron chi connectivity index (χ3n) is 5.46. The van der Waals surface area contributed by atoms with E-state index in [4.69, 9.17) is 13.9 Å². The van der Waals surface area contributed by atoms with E-state index >= 15 is 0 Å². The summed E-state index contributed by atoms with van der Waals surface area (Å²) in [5, 5.41) is 0. The van der Waals surface area contributed by atoms with Gasteiger partial charge >= 0.3 is 0 Å². The summed E-state index contributed by atoms with van der Waals surface area (Å²) in [4.78, 5) is 29.6. The van der Waals surface area contributed by atoms with Gasteiger partial charge in [-0.05, 0) is 55.5 Å². The average Bonchev–Trinajstić information content (AvgIpc) is 3.33. The van der Waals surface area contributed by atoms with E-state index < -0.39 is 0 Å². The monoisotopic (exact) mass is 426 g/mol. The Balaban J connectivity index is 1.51. The summed E-state index contributed by atoms with van der Waals surface area (Å²) in [6.45, 7) is 7.61. The van der Waals surface area contributed by atoms with E-state index in [0.29, 0.717) is 37.1 Å². The van der Waals surface area contributed by atoms with Crippen molar-refractivity contribution in [2.45, 2.75) is 46.7 Å². The fourth-order valence-corrected chi connectivity index (χ4v) is 3.78. The lowest BCUT2D eigenvalue weighted by molar-refractivity contribution is -0.142. The normalized spacial score (nSPS) is 14.7. The summed E-state index contributed by atoms with van der Waals surface area (Å²) in [7, 11) is 0. The lowest BCUT2D eigenvalue weighted by Crippen LogP contribution is -2.44. The van der Waals surface area contributed by atoms with Crippen LogP contribution >= 0.6 is 0 Å². The van der Waals surface area contributed by atoms with Gasteiger partial charge in [-0.2, -0.15) is 0 Å². The van der Waals surface area contributed by atoms with Gasteiger partial charge in [-0.1, -0.05) is 19.9 Å². The van der Waals surface area contributed by atoms with Gasteiger partial charge < -0.3 is 23.7 Å². The van der Waals surface area contributed by atoms with Gasteiger partial charge in [0.05, 0.1) is 13.1 Å². The van der Waals surface area contributed by atoms with E-state index in [1.165, 1.54) is 0 Å². The topological polar surface area (TPSA) is 72.2 Å². The average molecular weight is 427 g/mol. The number of ether oxygens (including phenoxy) is 2. The van der Waals surface area contributed by atoms with E-state index in [-0.39, 0.29) is 31.1 Å². The van der Waals surface area contributed by atoms with E-state index in [1.807, 2.05) is 37.3 Å². The van der Waals surface area contributed by atoms with Crippen LogP contribution in [0.1, 0.15) is 43.8 Å². The molecule has 0 spiro atoms. The first kappa shape index (κ1) is 21.3. The molecule has 7 nitrogen and oxygen atoms in total. The quantitative estimate of drug-likeness (QED) is 0.611. The number of nitrogens with zero attached hydrogens (tertiary/aromatic N) is 2. The molecule has 0 radical (unpaired) electrons. The van der Waals surface area contributed by atoms with Crippen molar-refractivity contribution in [3.05, 3.63) is 47.4 Å². The molecule has 2 heterocycles. The summed E-state index contributed by atoms with van der Waals surface area (Å²) in [6, 6.07) is 9.47. The van der Waals surface area contributed by atoms with Crippen LogP contribution in [0.5, 0.6) is 11.5 Å². The predicted molar refractivity (Wildman–Crippen MR) is 114 cm³/mol. The highest BCUT2D eigenvalue weighted by Gasteiger charge is 2.35. The Hall–Kier alpha value is -2.96. The Morgan fingerprint density at radius 2 is 1.81 bits per heavy atom. The lowest BCUT2D eigenvalue weighted by atomic mass is 10.1. The zero-order valence-corrected chi connectivity index (χ0v) is 18.4. The first-order valence-corrected chi connectivity index (χ1v) is 10.9. The largest absolute Gasteiger partial charge is 0.464 e. The fourth-order valence-electron chi connectivity index (χ4n) is 3.78. The number of rotatable bonds is 9. The van der Waals surface area contributed by atoms with Crippen LogP contribution in [-0.2, 0) is 22.7 Å². The third-order valence-corrected chi connectivity index (χ3v) is 5.46. The molecular weight excluding hydrogens is 396 g/mol. The molecule has 0 saturated heterocycles. The Morgan fingerprint density at radius 3 is 2.48 bits per heavy atom. The fraction of sp³-hybridized carbons (Fsp3) is 0.500. The molecule has 1 aliphatic carbocycles. The van der Waals surface area contributed by atoms with Gasteiger partial charge in [0, 0.05) is 19.0 Å². The minimum atomic E-state index is -0.0960. The molecule has 2 aliphatic rings. The number of furan rings is 1. The molecule has 166 valence electrons. The van der Waals surface area contributed by atoms with E-state index in [9.17, 15) is 9.59 Å². The molecule has 4 rings (SSSR count). The summed E-state index contributed by atoms with van der Waals surface area (Å²) in [6.07, 6.45) is 1.85. The van der Waals surface area contributed by atoms with Gasteiger partial charge in [0.2, 0.25) is 18.6 Å². The highest BCUT2D eigenvalue weighted by atomic mass is 16.7. The van der Waals surface area contributed by atoms with Crippen LogP contribution in [0.15, 0.2) is 34.7 Å². The van der Waals surface area contributed by atoms with Crippen molar-refractivity contribution in [2.24, 2.45) is 11.8 Å². The number of hydrogen-bond acceptors (Lipinski definition) is 5. The Bertz CT molecular complexity index is 947. The van der Waals surface area contributed by atoms with Crippen molar-refractivity contribution >= 4 is 11.8 Å². The number of carbonyl (C=O) groups excluding carboxylic acids is 2. The first-order valence-electron chi connectivity index (χ1n) is 10.9. The van der Waals surface area contributed by atoms with Crippen LogP contribution < -0.4 is 9.47 Å². The van der Waals surface area contributed by atoms with Crippen molar-refractivity contribution in [1.82, 2.24) is 9.80 Å². The summed E-state index contributed by atoms with van der Waals surface area (Å²) >= 11 is 0. The zero-order valence-electron chi connectivity index (χ0n) is 18.4. The van der Waals surface area contributed by atoms with Crippen LogP contribution in [0, 0.1) is 18.8 Å². The second kappa shape index (κ2) is 9.04. The number of hydrogen-bond donors (Lipinski definition) is 0. The molecule has 1 aromatic carbocycles. The number of fused-ring (bicyclic) bond motifs is 1. The van der Waals surface area contributed by atoms with Crippen molar-refractivity contribution in [1.29, 1.82) is 0 Å². The highest BCUT2D eigenvalue weighted by Crippen LogP contribution is 2.33. The third kappa shape index (κ3) is 5.40. The number of amides is 2. The minimum Gasteiger partial charge on any atom is -0.464 e. The van der Waals surface area contributed by atoms with Crippen molar-refractivity contribution in [3.8, 4) is 11.5 Å². The lowest BCUT2D eigenvalue weighted by Gasteiger charge is -2.28. The van der Waals surface area contributed by atoms with Gasteiger partial charge in [-0.25, -0.2) is 0 Å². The Labute approximate surface area is 182 Å².